The van der Waals surface area contributed by atoms with Crippen LogP contribution in [-0.4, -0.2) is 66.3 Å². The molecule has 164 valence electrons. The van der Waals surface area contributed by atoms with E-state index in [1.807, 2.05) is 17.1 Å². The molecule has 1 aromatic heterocycles. The summed E-state index contributed by atoms with van der Waals surface area (Å²) in [6.07, 6.45) is 6.83. The number of rotatable bonds is 9. The lowest BCUT2D eigenvalue weighted by atomic mass is 9.87. The Bertz CT molecular complexity index is 671. The summed E-state index contributed by atoms with van der Waals surface area (Å²) in [6, 6.07) is -0.0856. The fourth-order valence-electron chi connectivity index (χ4n) is 3.71. The van der Waals surface area contributed by atoms with Crippen molar-refractivity contribution < 1.29 is 19.1 Å². The first-order chi connectivity index (χ1) is 13.6. The molecule has 0 aromatic carbocycles. The van der Waals surface area contributed by atoms with E-state index >= 15 is 0 Å². The third kappa shape index (κ3) is 7.28. The van der Waals surface area contributed by atoms with Gasteiger partial charge in [-0.05, 0) is 43.3 Å². The standard InChI is InChI=1S/C21H37N3O4Si/c1-7-10-27-20(26)24-15-18(25)12-17(24)11-16-13-22-23(14-16)9-8-19(21(2,3)4)28-29(5)6/h7,13-14,17-19,25,29H,1,8-12,15H2,2-6H3/t17-,18-,19?/m1/s1. The average Bonchev–Trinajstić information content (AvgIpc) is 3.21. The number of aliphatic hydroxyl groups is 1. The van der Waals surface area contributed by atoms with Gasteiger partial charge in [0, 0.05) is 18.8 Å². The van der Waals surface area contributed by atoms with Crippen molar-refractivity contribution >= 4 is 15.1 Å². The smallest absolute Gasteiger partial charge is 0.410 e. The van der Waals surface area contributed by atoms with Crippen LogP contribution in [0.4, 0.5) is 4.79 Å². The molecule has 1 N–H and O–H groups in total. The highest BCUT2D eigenvalue weighted by Crippen LogP contribution is 2.26. The van der Waals surface area contributed by atoms with Gasteiger partial charge in [-0.3, -0.25) is 4.68 Å². The van der Waals surface area contributed by atoms with E-state index in [4.69, 9.17) is 9.16 Å². The van der Waals surface area contributed by atoms with Crippen LogP contribution in [0.25, 0.3) is 0 Å². The monoisotopic (exact) mass is 423 g/mol. The molecule has 1 fully saturated rings. The first-order valence-corrected chi connectivity index (χ1v) is 13.3. The number of β-amino-alcohol motifs (C(OH)–C–C–N with tert-alkyl or cyclic N) is 1. The first-order valence-electron chi connectivity index (χ1n) is 10.5. The summed E-state index contributed by atoms with van der Waals surface area (Å²) in [5.41, 5.74) is 1.15. The number of carbonyl (C=O) groups excluding carboxylic acids is 1. The summed E-state index contributed by atoms with van der Waals surface area (Å²) in [5, 5.41) is 14.5. The van der Waals surface area contributed by atoms with Gasteiger partial charge in [0.1, 0.15) is 6.61 Å². The third-order valence-electron chi connectivity index (χ3n) is 5.13. The lowest BCUT2D eigenvalue weighted by Gasteiger charge is -2.32. The van der Waals surface area contributed by atoms with Crippen molar-refractivity contribution in [1.29, 1.82) is 0 Å². The molecule has 3 atom stereocenters. The van der Waals surface area contributed by atoms with Gasteiger partial charge in [0.25, 0.3) is 0 Å². The van der Waals surface area contributed by atoms with Crippen LogP contribution in [0.2, 0.25) is 13.1 Å². The van der Waals surface area contributed by atoms with Gasteiger partial charge in [-0.25, -0.2) is 4.79 Å². The quantitative estimate of drug-likeness (QED) is 0.488. The summed E-state index contributed by atoms with van der Waals surface area (Å²) >= 11 is 0. The molecule has 7 nitrogen and oxygen atoms in total. The number of hydrogen-bond acceptors (Lipinski definition) is 5. The first kappa shape index (κ1) is 23.6. The number of ether oxygens (including phenoxy) is 1. The summed E-state index contributed by atoms with van der Waals surface area (Å²) in [4.78, 5) is 13.8. The molecular weight excluding hydrogens is 386 g/mol. The Labute approximate surface area is 176 Å². The molecule has 1 unspecified atom stereocenters. The van der Waals surface area contributed by atoms with Crippen molar-refractivity contribution in [2.75, 3.05) is 13.2 Å². The van der Waals surface area contributed by atoms with Crippen molar-refractivity contribution in [2.24, 2.45) is 5.41 Å². The van der Waals surface area contributed by atoms with Gasteiger partial charge in [-0.2, -0.15) is 5.10 Å². The maximum atomic E-state index is 12.2. The van der Waals surface area contributed by atoms with E-state index < -0.39 is 21.2 Å². The van der Waals surface area contributed by atoms with Crippen molar-refractivity contribution in [3.05, 3.63) is 30.6 Å². The van der Waals surface area contributed by atoms with Gasteiger partial charge < -0.3 is 19.2 Å². The van der Waals surface area contributed by atoms with E-state index in [1.54, 1.807) is 11.0 Å². The van der Waals surface area contributed by atoms with Crippen LogP contribution in [0.5, 0.6) is 0 Å². The van der Waals surface area contributed by atoms with Gasteiger partial charge in [-0.15, -0.1) is 0 Å². The van der Waals surface area contributed by atoms with Crippen LogP contribution in [0.3, 0.4) is 0 Å². The predicted molar refractivity (Wildman–Crippen MR) is 116 cm³/mol. The zero-order chi connectivity index (χ0) is 21.6. The Morgan fingerprint density at radius 1 is 1.48 bits per heavy atom. The molecule has 0 aliphatic carbocycles. The SMILES string of the molecule is C=CCOC(=O)N1C[C@H](O)C[C@H]1Cc1cnn(CCC(O[SiH](C)C)C(C)(C)C)c1. The molecule has 8 heteroatoms. The molecule has 1 saturated heterocycles. The summed E-state index contributed by atoms with van der Waals surface area (Å²) in [6.45, 7) is 15.9. The zero-order valence-corrected chi connectivity index (χ0v) is 19.7. The minimum absolute atomic E-state index is 0.0856. The number of aryl methyl sites for hydroxylation is 1. The predicted octanol–water partition coefficient (Wildman–Crippen LogP) is 2.99. The van der Waals surface area contributed by atoms with E-state index in [1.165, 1.54) is 0 Å². The second-order valence-corrected chi connectivity index (χ2v) is 11.6. The Morgan fingerprint density at radius 3 is 2.83 bits per heavy atom. The van der Waals surface area contributed by atoms with E-state index in [9.17, 15) is 9.90 Å². The minimum Gasteiger partial charge on any atom is -0.445 e. The van der Waals surface area contributed by atoms with Crippen LogP contribution < -0.4 is 0 Å². The van der Waals surface area contributed by atoms with E-state index in [-0.39, 0.29) is 24.2 Å². The Morgan fingerprint density at radius 2 is 2.21 bits per heavy atom. The highest BCUT2D eigenvalue weighted by Gasteiger charge is 2.35. The molecule has 0 radical (unpaired) electrons. The molecule has 0 saturated carbocycles. The third-order valence-corrected chi connectivity index (χ3v) is 6.01. The molecule has 1 aliphatic heterocycles. The second kappa shape index (κ2) is 10.4. The van der Waals surface area contributed by atoms with Crippen LogP contribution >= 0.6 is 0 Å². The van der Waals surface area contributed by atoms with Gasteiger partial charge in [0.15, 0.2) is 9.04 Å². The number of aliphatic hydroxyl groups excluding tert-OH is 1. The molecule has 1 aromatic rings. The zero-order valence-electron chi connectivity index (χ0n) is 18.5. The average molecular weight is 424 g/mol. The summed E-state index contributed by atoms with van der Waals surface area (Å²) in [5.74, 6) is 0. The van der Waals surface area contributed by atoms with Gasteiger partial charge in [-0.1, -0.05) is 33.4 Å². The van der Waals surface area contributed by atoms with Crippen molar-refractivity contribution in [3.8, 4) is 0 Å². The van der Waals surface area contributed by atoms with E-state index in [2.05, 4.69) is 45.5 Å². The summed E-state index contributed by atoms with van der Waals surface area (Å²) in [7, 11) is -1.11. The highest BCUT2D eigenvalue weighted by molar-refractivity contribution is 6.48. The largest absolute Gasteiger partial charge is 0.445 e. The number of aromatic nitrogens is 2. The fraction of sp³-hybridized carbons (Fsp3) is 0.714. The van der Waals surface area contributed by atoms with Crippen LogP contribution in [-0.2, 0) is 22.1 Å². The maximum absolute atomic E-state index is 12.2. The lowest BCUT2D eigenvalue weighted by molar-refractivity contribution is 0.0734. The van der Waals surface area contributed by atoms with Gasteiger partial charge in [0.2, 0.25) is 0 Å². The Balaban J connectivity index is 1.95. The van der Waals surface area contributed by atoms with E-state index in [0.717, 1.165) is 18.5 Å². The number of carbonyl (C=O) groups is 1. The van der Waals surface area contributed by atoms with Crippen LogP contribution in [0, 0.1) is 5.41 Å². The molecule has 2 rings (SSSR count). The topological polar surface area (TPSA) is 76.8 Å². The van der Waals surface area contributed by atoms with Crippen molar-refractivity contribution in [1.82, 2.24) is 14.7 Å². The number of amides is 1. The van der Waals surface area contributed by atoms with Crippen LogP contribution in [0.15, 0.2) is 25.0 Å². The molecule has 2 heterocycles. The fourth-order valence-corrected chi connectivity index (χ4v) is 4.91. The molecule has 29 heavy (non-hydrogen) atoms. The highest BCUT2D eigenvalue weighted by atomic mass is 28.3. The molecule has 0 bridgehead atoms. The molecular formula is C21H37N3O4Si. The number of likely N-dealkylation sites (tertiary alicyclic amines) is 1. The Kier molecular flexibility index (Phi) is 8.48. The lowest BCUT2D eigenvalue weighted by Crippen LogP contribution is -2.37. The van der Waals surface area contributed by atoms with Crippen molar-refractivity contribution in [2.45, 2.75) is 77.9 Å². The summed E-state index contributed by atoms with van der Waals surface area (Å²) < 4.78 is 13.3. The maximum Gasteiger partial charge on any atom is 0.410 e. The minimum atomic E-state index is -1.11. The molecule has 0 spiro atoms. The molecule has 1 amide bonds. The van der Waals surface area contributed by atoms with Crippen LogP contribution in [0.1, 0.15) is 39.2 Å². The molecule has 1 aliphatic rings. The van der Waals surface area contributed by atoms with E-state index in [0.29, 0.717) is 19.4 Å². The van der Waals surface area contributed by atoms with Gasteiger partial charge >= 0.3 is 6.09 Å². The normalized spacial score (nSPS) is 20.9. The second-order valence-electron chi connectivity index (χ2n) is 9.21. The number of hydrogen-bond donors (Lipinski definition) is 1. The van der Waals surface area contributed by atoms with Crippen molar-refractivity contribution in [3.63, 3.8) is 0 Å². The Hall–Kier alpha value is -1.64. The van der Waals surface area contributed by atoms with Gasteiger partial charge in [0.05, 0.1) is 24.9 Å². The number of nitrogens with zero attached hydrogens (tertiary/aromatic N) is 3.